The van der Waals surface area contributed by atoms with Crippen molar-refractivity contribution in [1.29, 1.82) is 0 Å². The first kappa shape index (κ1) is 21.0. The van der Waals surface area contributed by atoms with Crippen LogP contribution in [-0.4, -0.2) is 33.1 Å². The maximum Gasteiger partial charge on any atom is 0.339 e. The summed E-state index contributed by atoms with van der Waals surface area (Å²) in [4.78, 5) is 25.0. The van der Waals surface area contributed by atoms with Crippen molar-refractivity contribution in [2.45, 2.75) is 20.8 Å². The fourth-order valence-electron chi connectivity index (χ4n) is 3.43. The van der Waals surface area contributed by atoms with Crippen molar-refractivity contribution in [3.8, 4) is 0 Å². The smallest absolute Gasteiger partial charge is 0.339 e. The van der Waals surface area contributed by atoms with Crippen LogP contribution >= 0.6 is 0 Å². The van der Waals surface area contributed by atoms with Crippen molar-refractivity contribution in [3.05, 3.63) is 83.2 Å². The lowest BCUT2D eigenvalue weighted by atomic mass is 10.1. The second kappa shape index (κ2) is 8.89. The summed E-state index contributed by atoms with van der Waals surface area (Å²) in [6, 6.07) is 16.4. The van der Waals surface area contributed by atoms with Gasteiger partial charge in [-0.25, -0.2) is 4.79 Å². The molecule has 2 heterocycles. The Morgan fingerprint density at radius 1 is 1.06 bits per heavy atom. The van der Waals surface area contributed by atoms with Gasteiger partial charge in [0.15, 0.2) is 0 Å². The number of aryl methyl sites for hydroxylation is 2. The lowest BCUT2D eigenvalue weighted by molar-refractivity contribution is 0.0525. The summed E-state index contributed by atoms with van der Waals surface area (Å²) in [5.41, 5.74) is 4.70. The van der Waals surface area contributed by atoms with Crippen LogP contribution in [0.3, 0.4) is 0 Å². The lowest BCUT2D eigenvalue weighted by Crippen LogP contribution is -2.13. The molecule has 4 aromatic rings. The van der Waals surface area contributed by atoms with Crippen LogP contribution < -0.4 is 10.6 Å². The van der Waals surface area contributed by atoms with E-state index in [1.807, 2.05) is 50.2 Å². The first-order valence-electron chi connectivity index (χ1n) is 10.2. The van der Waals surface area contributed by atoms with Crippen molar-refractivity contribution in [1.82, 2.24) is 14.6 Å². The zero-order valence-electron chi connectivity index (χ0n) is 18.0. The molecule has 162 valence electrons. The molecule has 2 N–H and O–H groups in total. The highest BCUT2D eigenvalue weighted by Crippen LogP contribution is 2.25. The van der Waals surface area contributed by atoms with Crippen LogP contribution in [0.2, 0.25) is 0 Å². The minimum Gasteiger partial charge on any atom is -0.462 e. The molecule has 2 aromatic carbocycles. The number of rotatable bonds is 6. The molecule has 0 radical (unpaired) electrons. The number of nitrogens with one attached hydrogen (secondary N) is 2. The number of aromatic nitrogens is 3. The minimum absolute atomic E-state index is 0.217. The first-order valence-corrected chi connectivity index (χ1v) is 10.2. The molecule has 0 fully saturated rings. The lowest BCUT2D eigenvalue weighted by Gasteiger charge is -2.13. The normalized spacial score (nSPS) is 10.7. The molecule has 1 amide bonds. The molecular formula is C24H23N5O3. The number of para-hydroxylation sites is 1. The van der Waals surface area contributed by atoms with E-state index in [0.717, 1.165) is 11.3 Å². The molecule has 2 aromatic heterocycles. The Hall–Kier alpha value is -4.20. The van der Waals surface area contributed by atoms with Gasteiger partial charge in [-0.3, -0.25) is 9.20 Å². The summed E-state index contributed by atoms with van der Waals surface area (Å²) >= 11 is 0. The van der Waals surface area contributed by atoms with E-state index in [0.29, 0.717) is 40.6 Å². The average molecular weight is 429 g/mol. The van der Waals surface area contributed by atoms with Crippen LogP contribution in [0.15, 0.2) is 60.8 Å². The summed E-state index contributed by atoms with van der Waals surface area (Å²) in [6.07, 6.45) is 1.58. The number of anilines is 3. The molecule has 0 unspecified atom stereocenters. The highest BCUT2D eigenvalue weighted by Gasteiger charge is 2.18. The van der Waals surface area contributed by atoms with E-state index in [2.05, 4.69) is 20.8 Å². The Kier molecular flexibility index (Phi) is 5.85. The Labute approximate surface area is 185 Å². The minimum atomic E-state index is -0.393. The van der Waals surface area contributed by atoms with Crippen LogP contribution in [0.1, 0.15) is 38.9 Å². The number of ether oxygens (including phenoxy) is 1. The molecule has 32 heavy (non-hydrogen) atoms. The fraction of sp³-hybridized carbons (Fsp3) is 0.167. The molecular weight excluding hydrogens is 406 g/mol. The molecule has 0 aliphatic rings. The maximum atomic E-state index is 12.7. The van der Waals surface area contributed by atoms with Gasteiger partial charge in [-0.15, -0.1) is 5.10 Å². The number of benzene rings is 2. The Morgan fingerprint density at radius 3 is 2.59 bits per heavy atom. The second-order valence-electron chi connectivity index (χ2n) is 7.27. The Bertz CT molecular complexity index is 1300. The number of nitrogens with zero attached hydrogens (tertiary/aromatic N) is 3. The van der Waals surface area contributed by atoms with Crippen LogP contribution in [0.4, 0.5) is 17.3 Å². The van der Waals surface area contributed by atoms with Gasteiger partial charge in [0, 0.05) is 22.6 Å². The predicted octanol–water partition coefficient (Wildman–Crippen LogP) is 4.52. The molecule has 8 heteroatoms. The van der Waals surface area contributed by atoms with E-state index in [1.165, 1.54) is 0 Å². The number of carbonyl (C=O) groups excluding carboxylic acids is 2. The van der Waals surface area contributed by atoms with E-state index < -0.39 is 5.97 Å². The topological polar surface area (TPSA) is 97.6 Å². The average Bonchev–Trinajstić information content (AvgIpc) is 3.13. The van der Waals surface area contributed by atoms with Crippen molar-refractivity contribution in [3.63, 3.8) is 0 Å². The quantitative estimate of drug-likeness (QED) is 0.438. The second-order valence-corrected chi connectivity index (χ2v) is 7.27. The number of fused-ring (bicyclic) bond motifs is 1. The molecule has 0 atom stereocenters. The summed E-state index contributed by atoms with van der Waals surface area (Å²) in [7, 11) is 0. The van der Waals surface area contributed by atoms with Gasteiger partial charge in [-0.05, 0) is 56.7 Å². The summed E-state index contributed by atoms with van der Waals surface area (Å²) < 4.78 is 6.95. The van der Waals surface area contributed by atoms with E-state index in [-0.39, 0.29) is 5.91 Å². The van der Waals surface area contributed by atoms with Crippen molar-refractivity contribution >= 4 is 34.7 Å². The van der Waals surface area contributed by atoms with Gasteiger partial charge < -0.3 is 15.4 Å². The van der Waals surface area contributed by atoms with Crippen molar-refractivity contribution in [2.75, 3.05) is 17.2 Å². The van der Waals surface area contributed by atoms with Gasteiger partial charge in [-0.1, -0.05) is 24.3 Å². The molecule has 0 saturated carbocycles. The molecule has 0 aliphatic carbocycles. The third kappa shape index (κ3) is 4.15. The molecule has 0 spiro atoms. The van der Waals surface area contributed by atoms with E-state index in [1.54, 1.807) is 35.7 Å². The molecule has 8 nitrogen and oxygen atoms in total. The van der Waals surface area contributed by atoms with E-state index in [9.17, 15) is 9.59 Å². The molecule has 4 rings (SSSR count). The van der Waals surface area contributed by atoms with Gasteiger partial charge in [0.25, 0.3) is 5.91 Å². The van der Waals surface area contributed by atoms with Gasteiger partial charge in [0.05, 0.1) is 23.9 Å². The van der Waals surface area contributed by atoms with E-state index in [4.69, 9.17) is 4.74 Å². The van der Waals surface area contributed by atoms with Crippen molar-refractivity contribution < 1.29 is 14.3 Å². The third-order valence-corrected chi connectivity index (χ3v) is 5.10. The number of hydrogen-bond acceptors (Lipinski definition) is 6. The first-order chi connectivity index (χ1) is 15.5. The predicted molar refractivity (Wildman–Crippen MR) is 123 cm³/mol. The van der Waals surface area contributed by atoms with Crippen molar-refractivity contribution in [2.24, 2.45) is 0 Å². The van der Waals surface area contributed by atoms with Crippen LogP contribution in [0, 0.1) is 13.8 Å². The van der Waals surface area contributed by atoms with Gasteiger partial charge >= 0.3 is 5.97 Å². The molecule has 0 bridgehead atoms. The highest BCUT2D eigenvalue weighted by atomic mass is 16.5. The van der Waals surface area contributed by atoms with Gasteiger partial charge in [-0.2, -0.15) is 5.10 Å². The van der Waals surface area contributed by atoms with E-state index >= 15 is 0 Å². The number of hydrogen-bond donors (Lipinski definition) is 2. The fourth-order valence-corrected chi connectivity index (χ4v) is 3.43. The zero-order chi connectivity index (χ0) is 22.7. The van der Waals surface area contributed by atoms with Gasteiger partial charge in [0.1, 0.15) is 0 Å². The Balaban J connectivity index is 1.66. The van der Waals surface area contributed by atoms with Gasteiger partial charge in [0.2, 0.25) is 5.95 Å². The maximum absolute atomic E-state index is 12.7. The third-order valence-electron chi connectivity index (χ3n) is 5.10. The molecule has 0 aliphatic heterocycles. The number of esters is 1. The highest BCUT2D eigenvalue weighted by molar-refractivity contribution is 6.05. The zero-order valence-corrected chi connectivity index (χ0v) is 18.0. The monoisotopic (exact) mass is 429 g/mol. The largest absolute Gasteiger partial charge is 0.462 e. The SMILES string of the molecule is CCOC(=O)c1cc2cnnc(Nc3cc(C(=O)Nc4ccccc4)ccc3C)n2c1C. The summed E-state index contributed by atoms with van der Waals surface area (Å²) in [5, 5.41) is 14.4. The Morgan fingerprint density at radius 2 is 1.84 bits per heavy atom. The van der Waals surface area contributed by atoms with Crippen LogP contribution in [-0.2, 0) is 4.74 Å². The van der Waals surface area contributed by atoms with Crippen LogP contribution in [0.25, 0.3) is 5.52 Å². The van der Waals surface area contributed by atoms with Crippen LogP contribution in [0.5, 0.6) is 0 Å². The summed E-state index contributed by atoms with van der Waals surface area (Å²) in [6.45, 7) is 5.82. The number of amides is 1. The standard InChI is InChI=1S/C24H23N5O3/c1-4-32-23(31)20-13-19-14-25-28-24(29(19)16(20)3)27-21-12-17(11-10-15(21)2)22(30)26-18-8-6-5-7-9-18/h5-14H,4H2,1-3H3,(H,26,30)(H,27,28). The number of carbonyl (C=O) groups is 2. The molecule has 0 saturated heterocycles. The summed E-state index contributed by atoms with van der Waals surface area (Å²) in [5.74, 6) is -0.181.